The van der Waals surface area contributed by atoms with E-state index < -0.39 is 0 Å². The number of hydrogen-bond donors (Lipinski definition) is 1. The first-order valence-electron chi connectivity index (χ1n) is 8.37. The molecule has 0 bridgehead atoms. The van der Waals surface area contributed by atoms with E-state index in [1.54, 1.807) is 16.7 Å². The van der Waals surface area contributed by atoms with Crippen LogP contribution in [-0.4, -0.2) is 29.1 Å². The molecule has 0 spiro atoms. The summed E-state index contributed by atoms with van der Waals surface area (Å²) in [5, 5.41) is 3.82. The Labute approximate surface area is 151 Å². The van der Waals surface area contributed by atoms with Crippen LogP contribution in [0.3, 0.4) is 0 Å². The molecule has 0 saturated carbocycles. The van der Waals surface area contributed by atoms with Gasteiger partial charge in [-0.25, -0.2) is 4.98 Å². The third-order valence-electron chi connectivity index (χ3n) is 4.00. The Bertz CT molecular complexity index is 744. The number of hydrogen-bond acceptors (Lipinski definition) is 4. The summed E-state index contributed by atoms with van der Waals surface area (Å²) in [7, 11) is 0. The van der Waals surface area contributed by atoms with Crippen molar-refractivity contribution in [1.29, 1.82) is 0 Å². The van der Waals surface area contributed by atoms with Gasteiger partial charge >= 0.3 is 0 Å². The molecule has 1 aliphatic rings. The van der Waals surface area contributed by atoms with Crippen LogP contribution in [0.25, 0.3) is 0 Å². The van der Waals surface area contributed by atoms with Gasteiger partial charge in [-0.05, 0) is 49.2 Å². The van der Waals surface area contributed by atoms with Gasteiger partial charge in [-0.2, -0.15) is 0 Å². The van der Waals surface area contributed by atoms with Gasteiger partial charge in [-0.15, -0.1) is 11.8 Å². The molecule has 1 fully saturated rings. The van der Waals surface area contributed by atoms with Crippen LogP contribution < -0.4 is 10.2 Å². The smallest absolute Gasteiger partial charge is 0.227 e. The maximum absolute atomic E-state index is 12.0. The lowest BCUT2D eigenvalue weighted by molar-refractivity contribution is -0.117. The third kappa shape index (κ3) is 4.82. The van der Waals surface area contributed by atoms with Gasteiger partial charge in [0, 0.05) is 42.7 Å². The molecule has 1 aromatic heterocycles. The molecular formula is C19H21N3O2S. The van der Waals surface area contributed by atoms with Crippen LogP contribution in [0.2, 0.25) is 0 Å². The van der Waals surface area contributed by atoms with Gasteiger partial charge in [-0.1, -0.05) is 6.07 Å². The highest BCUT2D eigenvalue weighted by molar-refractivity contribution is 7.99. The highest BCUT2D eigenvalue weighted by Gasteiger charge is 2.21. The summed E-state index contributed by atoms with van der Waals surface area (Å²) in [6.07, 6.45) is 3.78. The quantitative estimate of drug-likeness (QED) is 0.804. The molecule has 0 unspecified atom stereocenters. The minimum atomic E-state index is -0.0235. The number of aromatic nitrogens is 1. The van der Waals surface area contributed by atoms with Crippen molar-refractivity contribution in [1.82, 2.24) is 4.98 Å². The van der Waals surface area contributed by atoms with E-state index in [9.17, 15) is 9.59 Å². The van der Waals surface area contributed by atoms with E-state index in [4.69, 9.17) is 0 Å². The van der Waals surface area contributed by atoms with E-state index in [1.165, 1.54) is 0 Å². The molecule has 5 nitrogen and oxygen atoms in total. The molecule has 2 amide bonds. The topological polar surface area (TPSA) is 62.3 Å². The van der Waals surface area contributed by atoms with Crippen molar-refractivity contribution in [3.63, 3.8) is 0 Å². The van der Waals surface area contributed by atoms with Crippen molar-refractivity contribution in [2.45, 2.75) is 31.2 Å². The number of aryl methyl sites for hydroxylation is 1. The van der Waals surface area contributed by atoms with Crippen molar-refractivity contribution >= 4 is 35.0 Å². The fraction of sp³-hybridized carbons (Fsp3) is 0.316. The summed E-state index contributed by atoms with van der Waals surface area (Å²) in [5.74, 6) is 0.825. The normalized spacial score (nSPS) is 14.0. The van der Waals surface area contributed by atoms with Gasteiger partial charge in [0.25, 0.3) is 0 Å². The molecule has 3 rings (SSSR count). The first-order chi connectivity index (χ1) is 12.1. The van der Waals surface area contributed by atoms with E-state index >= 15 is 0 Å². The molecule has 6 heteroatoms. The second-order valence-corrected chi connectivity index (χ2v) is 7.13. The minimum Gasteiger partial charge on any atom is -0.326 e. The Kier molecular flexibility index (Phi) is 5.71. The van der Waals surface area contributed by atoms with E-state index in [0.29, 0.717) is 18.6 Å². The van der Waals surface area contributed by atoms with Crippen LogP contribution in [0.5, 0.6) is 0 Å². The van der Waals surface area contributed by atoms with E-state index in [-0.39, 0.29) is 11.8 Å². The molecule has 25 heavy (non-hydrogen) atoms. The van der Waals surface area contributed by atoms with E-state index in [1.807, 2.05) is 49.5 Å². The molecular weight excluding hydrogens is 334 g/mol. The van der Waals surface area contributed by atoms with Crippen LogP contribution >= 0.6 is 11.8 Å². The number of carbonyl (C=O) groups excluding carboxylic acids is 2. The third-order valence-corrected chi connectivity index (χ3v) is 4.94. The van der Waals surface area contributed by atoms with Gasteiger partial charge in [-0.3, -0.25) is 9.59 Å². The zero-order chi connectivity index (χ0) is 17.6. The Morgan fingerprint density at radius 2 is 2.04 bits per heavy atom. The molecule has 1 N–H and O–H groups in total. The fourth-order valence-corrected chi connectivity index (χ4v) is 3.45. The zero-order valence-corrected chi connectivity index (χ0v) is 15.0. The van der Waals surface area contributed by atoms with Gasteiger partial charge in [0.05, 0.1) is 5.03 Å². The molecule has 0 radical (unpaired) electrons. The molecule has 1 aliphatic heterocycles. The van der Waals surface area contributed by atoms with Gasteiger partial charge in [0.1, 0.15) is 0 Å². The van der Waals surface area contributed by atoms with Crippen molar-refractivity contribution < 1.29 is 9.59 Å². The lowest BCUT2D eigenvalue weighted by Crippen LogP contribution is -2.23. The highest BCUT2D eigenvalue weighted by atomic mass is 32.2. The Morgan fingerprint density at radius 1 is 1.24 bits per heavy atom. The average Bonchev–Trinajstić information content (AvgIpc) is 3.03. The number of rotatable bonds is 6. The number of amides is 2. The number of anilines is 2. The Balaban J connectivity index is 1.46. The van der Waals surface area contributed by atoms with Crippen LogP contribution in [0.15, 0.2) is 47.6 Å². The molecule has 2 heterocycles. The van der Waals surface area contributed by atoms with Crippen molar-refractivity contribution in [3.05, 3.63) is 48.2 Å². The molecule has 2 aromatic rings. The van der Waals surface area contributed by atoms with E-state index in [2.05, 4.69) is 10.3 Å². The van der Waals surface area contributed by atoms with Crippen LogP contribution in [-0.2, 0) is 9.59 Å². The van der Waals surface area contributed by atoms with Crippen LogP contribution in [0.1, 0.15) is 24.8 Å². The van der Waals surface area contributed by atoms with Crippen molar-refractivity contribution in [2.24, 2.45) is 0 Å². The first kappa shape index (κ1) is 17.5. The van der Waals surface area contributed by atoms with Gasteiger partial charge < -0.3 is 10.2 Å². The summed E-state index contributed by atoms with van der Waals surface area (Å²) < 4.78 is 0. The number of benzene rings is 1. The van der Waals surface area contributed by atoms with Crippen LogP contribution in [0.4, 0.5) is 11.4 Å². The largest absolute Gasteiger partial charge is 0.326 e. The maximum Gasteiger partial charge on any atom is 0.227 e. The summed E-state index contributed by atoms with van der Waals surface area (Å²) >= 11 is 1.57. The maximum atomic E-state index is 12.0. The number of carbonyl (C=O) groups is 2. The second kappa shape index (κ2) is 8.16. The zero-order valence-electron chi connectivity index (χ0n) is 14.2. The monoisotopic (exact) mass is 355 g/mol. The summed E-state index contributed by atoms with van der Waals surface area (Å²) in [6, 6.07) is 11.4. The summed E-state index contributed by atoms with van der Waals surface area (Å²) in [5.41, 5.74) is 2.77. The van der Waals surface area contributed by atoms with Crippen LogP contribution in [0, 0.1) is 6.92 Å². The fourth-order valence-electron chi connectivity index (χ4n) is 2.66. The molecule has 1 aromatic carbocycles. The standard InChI is InChI=1S/C19H21N3O2S/c1-14-4-9-18(20-13-14)25-12-10-17(23)21-15-5-7-16(8-6-15)22-11-2-3-19(22)24/h4-9,13H,2-3,10-12H2,1H3,(H,21,23). The molecule has 130 valence electrons. The number of nitrogens with one attached hydrogen (secondary N) is 1. The summed E-state index contributed by atoms with van der Waals surface area (Å²) in [4.78, 5) is 29.9. The van der Waals surface area contributed by atoms with Gasteiger partial charge in [0.2, 0.25) is 11.8 Å². The van der Waals surface area contributed by atoms with Crippen molar-refractivity contribution in [3.8, 4) is 0 Å². The number of pyridine rings is 1. The second-order valence-electron chi connectivity index (χ2n) is 6.02. The first-order valence-corrected chi connectivity index (χ1v) is 9.36. The number of nitrogens with zero attached hydrogens (tertiary/aromatic N) is 2. The Morgan fingerprint density at radius 3 is 2.68 bits per heavy atom. The predicted octanol–water partition coefficient (Wildman–Crippen LogP) is 3.64. The lowest BCUT2D eigenvalue weighted by Gasteiger charge is -2.16. The van der Waals surface area contributed by atoms with Crippen molar-refractivity contribution in [2.75, 3.05) is 22.5 Å². The van der Waals surface area contributed by atoms with E-state index in [0.717, 1.165) is 34.9 Å². The average molecular weight is 355 g/mol. The molecule has 0 aliphatic carbocycles. The SMILES string of the molecule is Cc1ccc(SCCC(=O)Nc2ccc(N3CCCC3=O)cc2)nc1. The highest BCUT2D eigenvalue weighted by Crippen LogP contribution is 2.23. The minimum absolute atomic E-state index is 0.0235. The summed E-state index contributed by atoms with van der Waals surface area (Å²) in [6.45, 7) is 2.77. The predicted molar refractivity (Wildman–Crippen MR) is 101 cm³/mol. The molecule has 1 saturated heterocycles. The molecule has 0 atom stereocenters. The lowest BCUT2D eigenvalue weighted by atomic mass is 10.2. The van der Waals surface area contributed by atoms with Gasteiger partial charge in [0.15, 0.2) is 0 Å². The Hall–Kier alpha value is -2.34. The number of thioether (sulfide) groups is 1.